The minimum Gasteiger partial charge on any atom is -0.494 e. The van der Waals surface area contributed by atoms with E-state index in [1.807, 2.05) is 24.3 Å². The van der Waals surface area contributed by atoms with Gasteiger partial charge in [-0.25, -0.2) is 14.4 Å². The van der Waals surface area contributed by atoms with E-state index >= 15 is 0 Å². The molecule has 0 aliphatic carbocycles. The zero-order valence-corrected chi connectivity index (χ0v) is 18.4. The molecule has 5 heteroatoms. The van der Waals surface area contributed by atoms with Gasteiger partial charge in [0.2, 0.25) is 0 Å². The topological polar surface area (TPSA) is 44.2 Å². The van der Waals surface area contributed by atoms with Gasteiger partial charge in [0.05, 0.1) is 18.8 Å². The zero-order chi connectivity index (χ0) is 21.9. The van der Waals surface area contributed by atoms with Crippen LogP contribution in [-0.2, 0) is 0 Å². The van der Waals surface area contributed by atoms with Crippen LogP contribution >= 0.6 is 0 Å². The Morgan fingerprint density at radius 3 is 2.03 bits per heavy atom. The summed E-state index contributed by atoms with van der Waals surface area (Å²) in [5.41, 5.74) is 2.23. The first kappa shape index (κ1) is 22.7. The summed E-state index contributed by atoms with van der Waals surface area (Å²) in [5, 5.41) is 0. The van der Waals surface area contributed by atoms with Crippen molar-refractivity contribution in [3.05, 3.63) is 60.7 Å². The number of ether oxygens (including phenoxy) is 2. The van der Waals surface area contributed by atoms with Gasteiger partial charge in [0, 0.05) is 24.0 Å². The van der Waals surface area contributed by atoms with Gasteiger partial charge in [0.25, 0.3) is 0 Å². The van der Waals surface area contributed by atoms with Crippen molar-refractivity contribution < 1.29 is 13.9 Å². The van der Waals surface area contributed by atoms with Crippen LogP contribution in [0.25, 0.3) is 22.5 Å². The van der Waals surface area contributed by atoms with Gasteiger partial charge in [-0.3, -0.25) is 0 Å². The second-order valence-electron chi connectivity index (χ2n) is 7.57. The van der Waals surface area contributed by atoms with Crippen LogP contribution in [-0.4, -0.2) is 23.2 Å². The predicted molar refractivity (Wildman–Crippen MR) is 123 cm³/mol. The average molecular weight is 423 g/mol. The summed E-state index contributed by atoms with van der Waals surface area (Å²) < 4.78 is 25.9. The van der Waals surface area contributed by atoms with Crippen LogP contribution in [0.5, 0.6) is 11.5 Å². The third-order valence-electron chi connectivity index (χ3n) is 5.05. The molecule has 0 fully saturated rings. The molecule has 1 aromatic heterocycles. The second-order valence-corrected chi connectivity index (χ2v) is 7.57. The molecule has 0 saturated carbocycles. The molecule has 3 rings (SSSR count). The average Bonchev–Trinajstić information content (AvgIpc) is 2.80. The highest BCUT2D eigenvalue weighted by Gasteiger charge is 2.10. The normalized spacial score (nSPS) is 10.8. The van der Waals surface area contributed by atoms with E-state index in [1.165, 1.54) is 25.3 Å². The minimum atomic E-state index is -0.387. The summed E-state index contributed by atoms with van der Waals surface area (Å²) in [6, 6.07) is 12.7. The monoisotopic (exact) mass is 422 g/mol. The van der Waals surface area contributed by atoms with Crippen molar-refractivity contribution >= 4 is 0 Å². The number of hydrogen-bond donors (Lipinski definition) is 0. The maximum atomic E-state index is 14.5. The molecule has 0 aliphatic rings. The molecule has 0 atom stereocenters. The summed E-state index contributed by atoms with van der Waals surface area (Å²) in [7, 11) is 0. The van der Waals surface area contributed by atoms with Gasteiger partial charge in [0.1, 0.15) is 17.3 Å². The van der Waals surface area contributed by atoms with Gasteiger partial charge in [-0.1, -0.05) is 51.7 Å². The van der Waals surface area contributed by atoms with Crippen LogP contribution in [0.15, 0.2) is 54.9 Å². The number of rotatable bonds is 12. The molecule has 0 N–H and O–H groups in total. The molecule has 0 unspecified atom stereocenters. The second kappa shape index (κ2) is 12.0. The summed E-state index contributed by atoms with van der Waals surface area (Å²) in [6.45, 7) is 5.62. The van der Waals surface area contributed by atoms with Crippen LogP contribution in [0.4, 0.5) is 4.39 Å². The standard InChI is InChI=1S/C26H31FN2O2/c1-3-5-7-8-16-30-22-11-9-20(10-12-22)21-18-28-26(29-19-21)24-14-13-23(17-25(24)27)31-15-6-4-2/h9-14,17-19H,3-8,15-16H2,1-2H3. The van der Waals surface area contributed by atoms with Crippen LogP contribution in [0.1, 0.15) is 52.4 Å². The molecule has 0 bridgehead atoms. The summed E-state index contributed by atoms with van der Waals surface area (Å²) in [5.74, 6) is 1.36. The Labute approximate surface area is 184 Å². The van der Waals surface area contributed by atoms with Crippen molar-refractivity contribution in [3.8, 4) is 34.0 Å². The highest BCUT2D eigenvalue weighted by atomic mass is 19.1. The van der Waals surface area contributed by atoms with E-state index < -0.39 is 0 Å². The lowest BCUT2D eigenvalue weighted by atomic mass is 10.1. The van der Waals surface area contributed by atoms with Crippen LogP contribution in [0.2, 0.25) is 0 Å². The van der Waals surface area contributed by atoms with Gasteiger partial charge < -0.3 is 9.47 Å². The molecular weight excluding hydrogens is 391 g/mol. The Hall–Kier alpha value is -2.95. The Bertz CT molecular complexity index is 927. The fourth-order valence-corrected chi connectivity index (χ4v) is 3.18. The smallest absolute Gasteiger partial charge is 0.162 e. The van der Waals surface area contributed by atoms with E-state index in [9.17, 15) is 4.39 Å². The van der Waals surface area contributed by atoms with Crippen molar-refractivity contribution in [2.24, 2.45) is 0 Å². The highest BCUT2D eigenvalue weighted by molar-refractivity contribution is 5.64. The molecule has 3 aromatic rings. The SMILES string of the molecule is CCCCCCOc1ccc(-c2cnc(-c3ccc(OCCCC)cc3F)nc2)cc1. The summed E-state index contributed by atoms with van der Waals surface area (Å²) >= 11 is 0. The van der Waals surface area contributed by atoms with Crippen molar-refractivity contribution in [2.45, 2.75) is 52.4 Å². The molecule has 0 spiro atoms. The molecule has 4 nitrogen and oxygen atoms in total. The van der Waals surface area contributed by atoms with E-state index in [0.29, 0.717) is 23.7 Å². The number of hydrogen-bond acceptors (Lipinski definition) is 4. The van der Waals surface area contributed by atoms with Gasteiger partial charge in [-0.2, -0.15) is 0 Å². The zero-order valence-electron chi connectivity index (χ0n) is 18.4. The minimum absolute atomic E-state index is 0.355. The van der Waals surface area contributed by atoms with Crippen LogP contribution in [0, 0.1) is 5.82 Å². The van der Waals surface area contributed by atoms with E-state index in [0.717, 1.165) is 42.7 Å². The molecule has 0 radical (unpaired) electrons. The molecular formula is C26H31FN2O2. The number of unbranched alkanes of at least 4 members (excludes halogenated alkanes) is 4. The van der Waals surface area contributed by atoms with Crippen LogP contribution < -0.4 is 9.47 Å². The Morgan fingerprint density at radius 1 is 0.710 bits per heavy atom. The van der Waals surface area contributed by atoms with Gasteiger partial charge in [-0.15, -0.1) is 0 Å². The molecule has 1 heterocycles. The number of benzene rings is 2. The maximum Gasteiger partial charge on any atom is 0.162 e. The van der Waals surface area contributed by atoms with Crippen LogP contribution in [0.3, 0.4) is 0 Å². The lowest BCUT2D eigenvalue weighted by Crippen LogP contribution is -1.98. The van der Waals surface area contributed by atoms with Gasteiger partial charge in [0.15, 0.2) is 5.82 Å². The molecule has 2 aromatic carbocycles. The number of halogens is 1. The molecule has 164 valence electrons. The lowest BCUT2D eigenvalue weighted by Gasteiger charge is -2.09. The third kappa shape index (κ3) is 6.78. The fraction of sp³-hybridized carbons (Fsp3) is 0.385. The number of aromatic nitrogens is 2. The van der Waals surface area contributed by atoms with Gasteiger partial charge in [-0.05, 0) is 42.7 Å². The lowest BCUT2D eigenvalue weighted by molar-refractivity contribution is 0.305. The van der Waals surface area contributed by atoms with Crippen molar-refractivity contribution in [1.29, 1.82) is 0 Å². The van der Waals surface area contributed by atoms with E-state index in [1.54, 1.807) is 24.5 Å². The summed E-state index contributed by atoms with van der Waals surface area (Å²) in [4.78, 5) is 8.74. The number of nitrogens with zero attached hydrogens (tertiary/aromatic N) is 2. The largest absolute Gasteiger partial charge is 0.494 e. The first-order valence-corrected chi connectivity index (χ1v) is 11.2. The van der Waals surface area contributed by atoms with Crippen molar-refractivity contribution in [1.82, 2.24) is 9.97 Å². The van der Waals surface area contributed by atoms with Crippen molar-refractivity contribution in [2.75, 3.05) is 13.2 Å². The maximum absolute atomic E-state index is 14.5. The Morgan fingerprint density at radius 2 is 1.35 bits per heavy atom. The van der Waals surface area contributed by atoms with Gasteiger partial charge >= 0.3 is 0 Å². The quantitative estimate of drug-likeness (QED) is 0.292. The summed E-state index contributed by atoms with van der Waals surface area (Å²) in [6.07, 6.45) is 10.2. The van der Waals surface area contributed by atoms with Crippen molar-refractivity contribution in [3.63, 3.8) is 0 Å². The first-order chi connectivity index (χ1) is 15.2. The fourth-order valence-electron chi connectivity index (χ4n) is 3.18. The molecule has 31 heavy (non-hydrogen) atoms. The van der Waals surface area contributed by atoms with E-state index in [4.69, 9.17) is 9.47 Å². The first-order valence-electron chi connectivity index (χ1n) is 11.2. The third-order valence-corrected chi connectivity index (χ3v) is 5.05. The van der Waals surface area contributed by atoms with E-state index in [2.05, 4.69) is 23.8 Å². The Balaban J connectivity index is 1.61. The predicted octanol–water partition coefficient (Wildman–Crippen LogP) is 7.09. The van der Waals surface area contributed by atoms with E-state index in [-0.39, 0.29) is 5.82 Å². The molecule has 0 aliphatic heterocycles. The Kier molecular flexibility index (Phi) is 8.83. The molecule has 0 saturated heterocycles. The molecule has 0 amide bonds. The highest BCUT2D eigenvalue weighted by Crippen LogP contribution is 2.26.